The number of nitrogens with zero attached hydrogens (tertiary/aromatic N) is 1. The number of phenols is 1. The average molecular weight is 213 g/mol. The third-order valence-electron chi connectivity index (χ3n) is 1.68. The number of carboxylic acid groups (broad SMARTS) is 1. The Morgan fingerprint density at radius 1 is 1.53 bits per heavy atom. The molecule has 0 heterocycles. The van der Waals surface area contributed by atoms with Gasteiger partial charge < -0.3 is 15.1 Å². The van der Waals surface area contributed by atoms with Gasteiger partial charge in [-0.3, -0.25) is 0 Å². The summed E-state index contributed by atoms with van der Waals surface area (Å²) in [6, 6.07) is 3.89. The van der Waals surface area contributed by atoms with Crippen LogP contribution in [0.5, 0.6) is 5.75 Å². The lowest BCUT2D eigenvalue weighted by Gasteiger charge is -2.05. The Morgan fingerprint density at radius 2 is 2.20 bits per heavy atom. The summed E-state index contributed by atoms with van der Waals surface area (Å²) in [6.45, 7) is -0.486. The summed E-state index contributed by atoms with van der Waals surface area (Å²) in [4.78, 5) is 24.5. The molecule has 7 nitrogen and oxygen atoms in total. The van der Waals surface area contributed by atoms with Crippen LogP contribution in [0, 0.1) is 10.1 Å². The molecule has 0 bridgehead atoms. The van der Waals surface area contributed by atoms with E-state index in [2.05, 4.69) is 4.84 Å². The summed E-state index contributed by atoms with van der Waals surface area (Å²) in [5.74, 6) is -1.83. The van der Waals surface area contributed by atoms with Crippen molar-refractivity contribution in [3.63, 3.8) is 0 Å². The van der Waals surface area contributed by atoms with Crippen molar-refractivity contribution < 1.29 is 24.9 Å². The summed E-state index contributed by atoms with van der Waals surface area (Å²) < 4.78 is 0. The first-order valence-electron chi connectivity index (χ1n) is 3.84. The Balaban J connectivity index is 2.94. The highest BCUT2D eigenvalue weighted by Crippen LogP contribution is 2.22. The van der Waals surface area contributed by atoms with E-state index in [9.17, 15) is 20.0 Å². The standard InChI is InChI=1S/C8H7NO6/c10-7-5(4-15-9(13)14)2-1-3-6(7)8(11)12/h1-3,10H,4H2,(H,11,12). The molecule has 0 radical (unpaired) electrons. The van der Waals surface area contributed by atoms with Crippen LogP contribution in [0.4, 0.5) is 0 Å². The van der Waals surface area contributed by atoms with Crippen LogP contribution in [0.2, 0.25) is 0 Å². The highest BCUT2D eigenvalue weighted by atomic mass is 16.9. The van der Waals surface area contributed by atoms with Gasteiger partial charge in [0.2, 0.25) is 0 Å². The molecule has 0 saturated carbocycles. The van der Waals surface area contributed by atoms with Crippen LogP contribution in [0.25, 0.3) is 0 Å². The minimum atomic E-state index is -1.31. The molecule has 0 spiro atoms. The Hall–Kier alpha value is -2.31. The molecule has 15 heavy (non-hydrogen) atoms. The highest BCUT2D eigenvalue weighted by molar-refractivity contribution is 5.91. The van der Waals surface area contributed by atoms with Gasteiger partial charge in [-0.15, -0.1) is 10.1 Å². The maximum atomic E-state index is 10.6. The zero-order valence-corrected chi connectivity index (χ0v) is 7.41. The number of benzene rings is 1. The molecular weight excluding hydrogens is 206 g/mol. The quantitative estimate of drug-likeness (QED) is 0.565. The zero-order chi connectivity index (χ0) is 11.4. The minimum Gasteiger partial charge on any atom is -0.507 e. The fraction of sp³-hybridized carbons (Fsp3) is 0.125. The van der Waals surface area contributed by atoms with E-state index < -0.39 is 23.4 Å². The van der Waals surface area contributed by atoms with Gasteiger partial charge in [-0.05, 0) is 6.07 Å². The summed E-state index contributed by atoms with van der Waals surface area (Å²) in [7, 11) is 0. The number of carboxylic acids is 1. The Kier molecular flexibility index (Phi) is 3.06. The van der Waals surface area contributed by atoms with Crippen molar-refractivity contribution in [2.24, 2.45) is 0 Å². The van der Waals surface area contributed by atoms with Gasteiger partial charge in [-0.25, -0.2) is 4.79 Å². The lowest BCUT2D eigenvalue weighted by molar-refractivity contribution is -0.763. The predicted octanol–water partition coefficient (Wildman–Crippen LogP) is 0.799. The lowest BCUT2D eigenvalue weighted by Crippen LogP contribution is -2.03. The summed E-state index contributed by atoms with van der Waals surface area (Å²) in [6.07, 6.45) is 0. The SMILES string of the molecule is O=C(O)c1cccc(CO[N+](=O)[O-])c1O. The molecular formula is C8H7NO6. The number of para-hydroxylation sites is 1. The van der Waals surface area contributed by atoms with E-state index in [1.807, 2.05) is 0 Å². The molecule has 1 aromatic rings. The van der Waals surface area contributed by atoms with E-state index in [0.29, 0.717) is 0 Å². The van der Waals surface area contributed by atoms with Gasteiger partial charge in [0.15, 0.2) is 0 Å². The largest absolute Gasteiger partial charge is 0.507 e. The van der Waals surface area contributed by atoms with Crippen LogP contribution < -0.4 is 0 Å². The van der Waals surface area contributed by atoms with E-state index >= 15 is 0 Å². The Bertz CT molecular complexity index is 402. The van der Waals surface area contributed by atoms with Crippen LogP contribution in [-0.2, 0) is 11.4 Å². The van der Waals surface area contributed by atoms with E-state index in [1.165, 1.54) is 18.2 Å². The predicted molar refractivity (Wildman–Crippen MR) is 46.8 cm³/mol. The third kappa shape index (κ3) is 2.56. The first kappa shape index (κ1) is 10.8. The third-order valence-corrected chi connectivity index (χ3v) is 1.68. The number of aromatic hydroxyl groups is 1. The summed E-state index contributed by atoms with van der Waals surface area (Å²) in [5, 5.41) is 26.9. The van der Waals surface area contributed by atoms with Crippen LogP contribution in [0.1, 0.15) is 15.9 Å². The second kappa shape index (κ2) is 4.27. The summed E-state index contributed by atoms with van der Waals surface area (Å²) >= 11 is 0. The van der Waals surface area contributed by atoms with Crippen molar-refractivity contribution in [1.29, 1.82) is 0 Å². The fourth-order valence-electron chi connectivity index (χ4n) is 1.00. The van der Waals surface area contributed by atoms with Crippen molar-refractivity contribution in [2.45, 2.75) is 6.61 Å². The maximum Gasteiger partial charge on any atom is 0.339 e. The molecule has 0 amide bonds. The normalized spacial score (nSPS) is 9.60. The van der Waals surface area contributed by atoms with Crippen LogP contribution in [0.15, 0.2) is 18.2 Å². The van der Waals surface area contributed by atoms with Gasteiger partial charge in [-0.1, -0.05) is 12.1 Å². The van der Waals surface area contributed by atoms with E-state index in [-0.39, 0.29) is 11.1 Å². The number of carbonyl (C=O) groups is 1. The molecule has 0 aliphatic rings. The zero-order valence-electron chi connectivity index (χ0n) is 7.41. The molecule has 1 aromatic carbocycles. The van der Waals surface area contributed by atoms with Gasteiger partial charge in [0.25, 0.3) is 5.09 Å². The summed E-state index contributed by atoms with van der Waals surface area (Å²) in [5.41, 5.74) is -0.272. The van der Waals surface area contributed by atoms with Crippen molar-refractivity contribution in [3.8, 4) is 5.75 Å². The molecule has 0 atom stereocenters. The molecule has 80 valence electrons. The van der Waals surface area contributed by atoms with Crippen molar-refractivity contribution in [3.05, 3.63) is 39.4 Å². The van der Waals surface area contributed by atoms with Gasteiger partial charge in [-0.2, -0.15) is 0 Å². The van der Waals surface area contributed by atoms with Gasteiger partial charge in [0.1, 0.15) is 17.9 Å². The molecule has 0 fully saturated rings. The molecule has 0 aromatic heterocycles. The van der Waals surface area contributed by atoms with Crippen molar-refractivity contribution in [1.82, 2.24) is 0 Å². The van der Waals surface area contributed by atoms with Crippen molar-refractivity contribution in [2.75, 3.05) is 0 Å². The number of rotatable bonds is 4. The van der Waals surface area contributed by atoms with Crippen molar-refractivity contribution >= 4 is 5.97 Å². The van der Waals surface area contributed by atoms with E-state index in [4.69, 9.17) is 5.11 Å². The fourth-order valence-corrected chi connectivity index (χ4v) is 1.00. The second-order valence-electron chi connectivity index (χ2n) is 2.62. The molecule has 7 heteroatoms. The molecule has 0 aliphatic carbocycles. The Labute approximate surface area is 83.6 Å². The minimum absolute atomic E-state index is 0.0478. The van der Waals surface area contributed by atoms with Gasteiger partial charge >= 0.3 is 5.97 Å². The van der Waals surface area contributed by atoms with E-state index in [0.717, 1.165) is 0 Å². The monoisotopic (exact) mass is 213 g/mol. The average Bonchev–Trinajstić information content (AvgIpc) is 2.15. The van der Waals surface area contributed by atoms with Crippen LogP contribution in [-0.4, -0.2) is 21.3 Å². The van der Waals surface area contributed by atoms with Crippen LogP contribution in [0.3, 0.4) is 0 Å². The molecule has 0 unspecified atom stereocenters. The number of hydrogen-bond acceptors (Lipinski definition) is 5. The van der Waals surface area contributed by atoms with E-state index in [1.54, 1.807) is 0 Å². The van der Waals surface area contributed by atoms with Crippen LogP contribution >= 0.6 is 0 Å². The first-order chi connectivity index (χ1) is 7.02. The topological polar surface area (TPSA) is 110 Å². The number of hydrogen-bond donors (Lipinski definition) is 2. The van der Waals surface area contributed by atoms with Gasteiger partial charge in [0, 0.05) is 5.56 Å². The Morgan fingerprint density at radius 3 is 2.73 bits per heavy atom. The smallest absolute Gasteiger partial charge is 0.339 e. The lowest BCUT2D eigenvalue weighted by atomic mass is 10.1. The number of aromatic carboxylic acids is 1. The molecule has 2 N–H and O–H groups in total. The molecule has 0 aliphatic heterocycles. The second-order valence-corrected chi connectivity index (χ2v) is 2.62. The maximum absolute atomic E-state index is 10.6. The first-order valence-corrected chi connectivity index (χ1v) is 3.84. The molecule has 0 saturated heterocycles. The van der Waals surface area contributed by atoms with Gasteiger partial charge in [0.05, 0.1) is 0 Å². The molecule has 1 rings (SSSR count). The highest BCUT2D eigenvalue weighted by Gasteiger charge is 2.13.